The van der Waals surface area contributed by atoms with E-state index in [1.165, 1.54) is 0 Å². The third kappa shape index (κ3) is 4.79. The third-order valence-electron chi connectivity index (χ3n) is 9.57. The van der Waals surface area contributed by atoms with E-state index in [2.05, 4.69) is 102 Å². The van der Waals surface area contributed by atoms with Crippen molar-refractivity contribution in [2.24, 2.45) is 9.98 Å². The Balaban J connectivity index is 1.19. The zero-order valence-electron chi connectivity index (χ0n) is 26.9. The van der Waals surface area contributed by atoms with Crippen LogP contribution >= 0.6 is 0 Å². The average Bonchev–Trinajstić information content (AvgIpc) is 3.76. The maximum Gasteiger partial charge on any atom is 0.160 e. The molecule has 1 aliphatic rings. The molecule has 0 fully saturated rings. The second-order valence-corrected chi connectivity index (χ2v) is 12.6. The van der Waals surface area contributed by atoms with Crippen LogP contribution in [0.25, 0.3) is 66.1 Å². The van der Waals surface area contributed by atoms with Crippen LogP contribution in [0.3, 0.4) is 0 Å². The molecule has 1 aliphatic heterocycles. The SMILES string of the molecule is c1ccc(C2=NC(c3cc(-c4ccc5c(c4)oc4ccccc45)ccc3-c3ccc4oc5ccccc5c4c3)=NC(c3ccccc3)N2)cc1. The van der Waals surface area contributed by atoms with Gasteiger partial charge in [0.15, 0.2) is 5.84 Å². The van der Waals surface area contributed by atoms with Gasteiger partial charge >= 0.3 is 0 Å². The summed E-state index contributed by atoms with van der Waals surface area (Å²) in [5.41, 5.74) is 10.7. The van der Waals surface area contributed by atoms with Gasteiger partial charge in [-0.15, -0.1) is 0 Å². The molecule has 7 aromatic carbocycles. The van der Waals surface area contributed by atoms with E-state index in [-0.39, 0.29) is 6.17 Å². The topological polar surface area (TPSA) is 63.0 Å². The highest BCUT2D eigenvalue weighted by molar-refractivity contribution is 6.16. The zero-order chi connectivity index (χ0) is 33.0. The summed E-state index contributed by atoms with van der Waals surface area (Å²) in [6.45, 7) is 0. The van der Waals surface area contributed by atoms with Crippen LogP contribution in [0.1, 0.15) is 22.9 Å². The first-order valence-corrected chi connectivity index (χ1v) is 16.8. The van der Waals surface area contributed by atoms with E-state index in [4.69, 9.17) is 18.8 Å². The molecular formula is C45H29N3O2. The summed E-state index contributed by atoms with van der Waals surface area (Å²) in [6.07, 6.45) is -0.317. The van der Waals surface area contributed by atoms with Crippen LogP contribution in [0, 0.1) is 0 Å². The molecule has 1 unspecified atom stereocenters. The fraction of sp³-hybridized carbons (Fsp3) is 0.0222. The van der Waals surface area contributed by atoms with Gasteiger partial charge in [0.25, 0.3) is 0 Å². The molecule has 0 radical (unpaired) electrons. The smallest absolute Gasteiger partial charge is 0.160 e. The van der Waals surface area contributed by atoms with Crippen molar-refractivity contribution >= 4 is 55.5 Å². The molecule has 9 aromatic rings. The van der Waals surface area contributed by atoms with Gasteiger partial charge in [-0.3, -0.25) is 0 Å². The normalized spacial score (nSPS) is 14.6. The molecule has 0 saturated heterocycles. The molecule has 0 aliphatic carbocycles. The maximum atomic E-state index is 6.29. The van der Waals surface area contributed by atoms with Crippen molar-refractivity contribution < 1.29 is 8.83 Å². The van der Waals surface area contributed by atoms with Crippen molar-refractivity contribution in [3.05, 3.63) is 180 Å². The van der Waals surface area contributed by atoms with Crippen molar-refractivity contribution in [3.8, 4) is 22.3 Å². The van der Waals surface area contributed by atoms with E-state index in [0.717, 1.165) is 88.7 Å². The second kappa shape index (κ2) is 11.5. The van der Waals surface area contributed by atoms with Crippen molar-refractivity contribution in [1.29, 1.82) is 0 Å². The molecular weight excluding hydrogens is 615 g/mol. The zero-order valence-corrected chi connectivity index (χ0v) is 26.9. The Labute approximate surface area is 287 Å². The van der Waals surface area contributed by atoms with E-state index < -0.39 is 0 Å². The lowest BCUT2D eigenvalue weighted by Crippen LogP contribution is -2.33. The predicted molar refractivity (Wildman–Crippen MR) is 204 cm³/mol. The lowest BCUT2D eigenvalue weighted by molar-refractivity contribution is 0.668. The van der Waals surface area contributed by atoms with Crippen LogP contribution in [0.5, 0.6) is 0 Å². The van der Waals surface area contributed by atoms with Gasteiger partial charge in [0.2, 0.25) is 0 Å². The first kappa shape index (κ1) is 28.3. The van der Waals surface area contributed by atoms with E-state index in [0.29, 0.717) is 5.84 Å². The molecule has 236 valence electrons. The van der Waals surface area contributed by atoms with Gasteiger partial charge in [-0.2, -0.15) is 0 Å². The number of amidine groups is 2. The Morgan fingerprint density at radius 2 is 1.02 bits per heavy atom. The van der Waals surface area contributed by atoms with Gasteiger partial charge in [0.1, 0.15) is 34.3 Å². The summed E-state index contributed by atoms with van der Waals surface area (Å²) in [4.78, 5) is 10.5. The highest BCUT2D eigenvalue weighted by Crippen LogP contribution is 2.38. The number of aliphatic imine (C=N–C) groups is 2. The van der Waals surface area contributed by atoms with E-state index >= 15 is 0 Å². The fourth-order valence-electron chi connectivity index (χ4n) is 7.08. The molecule has 1 atom stereocenters. The van der Waals surface area contributed by atoms with Crippen LogP contribution in [-0.2, 0) is 0 Å². The molecule has 2 aromatic heterocycles. The largest absolute Gasteiger partial charge is 0.456 e. The number of hydrogen-bond acceptors (Lipinski definition) is 5. The molecule has 0 saturated carbocycles. The molecule has 5 nitrogen and oxygen atoms in total. The van der Waals surface area contributed by atoms with E-state index in [9.17, 15) is 0 Å². The van der Waals surface area contributed by atoms with Gasteiger partial charge in [-0.1, -0.05) is 121 Å². The van der Waals surface area contributed by atoms with E-state index in [1.54, 1.807) is 0 Å². The van der Waals surface area contributed by atoms with Gasteiger partial charge in [-0.25, -0.2) is 9.98 Å². The monoisotopic (exact) mass is 643 g/mol. The summed E-state index contributed by atoms with van der Waals surface area (Å²) in [7, 11) is 0. The molecule has 5 heteroatoms. The maximum absolute atomic E-state index is 6.29. The van der Waals surface area contributed by atoms with E-state index in [1.807, 2.05) is 66.7 Å². The number of rotatable bonds is 5. The summed E-state index contributed by atoms with van der Waals surface area (Å²) in [6, 6.07) is 56.4. The molecule has 0 amide bonds. The Morgan fingerprint density at radius 3 is 1.82 bits per heavy atom. The quantitative estimate of drug-likeness (QED) is 0.203. The molecule has 3 heterocycles. The summed E-state index contributed by atoms with van der Waals surface area (Å²) >= 11 is 0. The van der Waals surface area contributed by atoms with Crippen LogP contribution in [0.4, 0.5) is 0 Å². The van der Waals surface area contributed by atoms with Gasteiger partial charge in [0.05, 0.1) is 0 Å². The summed E-state index contributed by atoms with van der Waals surface area (Å²) in [5.74, 6) is 1.44. The lowest BCUT2D eigenvalue weighted by atomic mass is 9.93. The first-order valence-electron chi connectivity index (χ1n) is 16.8. The molecule has 0 spiro atoms. The molecule has 1 N–H and O–H groups in total. The number of nitrogens with zero attached hydrogens (tertiary/aromatic N) is 2. The standard InChI is InChI=1S/C45H29N3O2/c1-3-11-28(12-4-1)43-46-44(29-13-5-2-6-14-29)48-45(47-43)38-25-30(31-20-23-36-34-15-7-9-17-39(34)50-42(36)27-31)19-22-33(38)32-21-24-41-37(26-32)35-16-8-10-18-40(35)49-41/h1-27,43H,(H,46,47,48). The summed E-state index contributed by atoms with van der Waals surface area (Å²) < 4.78 is 12.5. The minimum atomic E-state index is -0.317. The Bertz CT molecular complexity index is 2790. The minimum absolute atomic E-state index is 0.317. The van der Waals surface area contributed by atoms with Gasteiger partial charge in [0, 0.05) is 32.7 Å². The van der Waals surface area contributed by atoms with Crippen LogP contribution in [0.2, 0.25) is 0 Å². The predicted octanol–water partition coefficient (Wildman–Crippen LogP) is 11.3. The Kier molecular flexibility index (Phi) is 6.49. The van der Waals surface area contributed by atoms with Crippen LogP contribution in [-0.4, -0.2) is 11.7 Å². The molecule has 0 bridgehead atoms. The Morgan fingerprint density at radius 1 is 0.420 bits per heavy atom. The number of hydrogen-bond donors (Lipinski definition) is 1. The fourth-order valence-corrected chi connectivity index (χ4v) is 7.08. The highest BCUT2D eigenvalue weighted by Gasteiger charge is 2.24. The first-order chi connectivity index (χ1) is 24.7. The van der Waals surface area contributed by atoms with Crippen molar-refractivity contribution in [3.63, 3.8) is 0 Å². The number of para-hydroxylation sites is 2. The molecule has 50 heavy (non-hydrogen) atoms. The number of benzene rings is 7. The third-order valence-corrected chi connectivity index (χ3v) is 9.57. The van der Waals surface area contributed by atoms with Crippen LogP contribution in [0.15, 0.2) is 183 Å². The lowest BCUT2D eigenvalue weighted by Gasteiger charge is -2.24. The van der Waals surface area contributed by atoms with Gasteiger partial charge < -0.3 is 14.2 Å². The van der Waals surface area contributed by atoms with Gasteiger partial charge in [-0.05, 0) is 70.3 Å². The highest BCUT2D eigenvalue weighted by atomic mass is 16.3. The van der Waals surface area contributed by atoms with Crippen molar-refractivity contribution in [1.82, 2.24) is 5.32 Å². The molecule has 10 rings (SSSR count). The van der Waals surface area contributed by atoms with Crippen LogP contribution < -0.4 is 5.32 Å². The number of fused-ring (bicyclic) bond motifs is 6. The summed E-state index contributed by atoms with van der Waals surface area (Å²) in [5, 5.41) is 7.99. The average molecular weight is 644 g/mol. The number of furan rings is 2. The second-order valence-electron chi connectivity index (χ2n) is 12.6. The van der Waals surface area contributed by atoms with Crippen molar-refractivity contribution in [2.75, 3.05) is 0 Å². The van der Waals surface area contributed by atoms with Crippen molar-refractivity contribution in [2.45, 2.75) is 6.17 Å². The minimum Gasteiger partial charge on any atom is -0.456 e. The number of nitrogens with one attached hydrogen (secondary N) is 1. The Hall–Kier alpha value is -6.72.